The molecule has 2 aromatic carbocycles. The molecule has 0 fully saturated rings. The first-order valence-corrected chi connectivity index (χ1v) is 9.18. The van der Waals surface area contributed by atoms with Gasteiger partial charge in [-0.2, -0.15) is 0 Å². The molecule has 0 radical (unpaired) electrons. The van der Waals surface area contributed by atoms with E-state index in [1.165, 1.54) is 15.4 Å². The number of benzene rings is 2. The molecule has 0 bridgehead atoms. The maximum Gasteiger partial charge on any atom is 0.164 e. The van der Waals surface area contributed by atoms with Gasteiger partial charge in [-0.1, -0.05) is 18.2 Å². The van der Waals surface area contributed by atoms with Crippen molar-refractivity contribution in [1.29, 1.82) is 0 Å². The average molecular weight is 412 g/mol. The van der Waals surface area contributed by atoms with Crippen LogP contribution in [0.15, 0.2) is 52.3 Å². The maximum atomic E-state index is 12.3. The van der Waals surface area contributed by atoms with Crippen LogP contribution in [-0.2, 0) is 0 Å². The molecule has 1 nitrogen and oxygen atoms in total. The molecule has 0 amide bonds. The number of rotatable bonds is 3. The number of thioether (sulfide) groups is 2. The van der Waals surface area contributed by atoms with Crippen molar-refractivity contribution in [3.05, 3.63) is 57.2 Å². The van der Waals surface area contributed by atoms with Gasteiger partial charge in [0, 0.05) is 25.3 Å². The monoisotopic (exact) mass is 412 g/mol. The van der Waals surface area contributed by atoms with Gasteiger partial charge in [-0.3, -0.25) is 4.79 Å². The highest BCUT2D eigenvalue weighted by atomic mass is 127. The first kappa shape index (κ1) is 14.5. The lowest BCUT2D eigenvalue weighted by Crippen LogP contribution is -2.05. The topological polar surface area (TPSA) is 17.1 Å². The highest BCUT2D eigenvalue weighted by Crippen LogP contribution is 2.49. The van der Waals surface area contributed by atoms with E-state index in [9.17, 15) is 4.79 Å². The molecule has 1 aliphatic heterocycles. The second kappa shape index (κ2) is 6.12. The van der Waals surface area contributed by atoms with Gasteiger partial charge >= 0.3 is 0 Å². The molecule has 1 atom stereocenters. The van der Waals surface area contributed by atoms with Crippen LogP contribution >= 0.6 is 46.1 Å². The number of hydrogen-bond acceptors (Lipinski definition) is 3. The summed E-state index contributed by atoms with van der Waals surface area (Å²) < 4.78 is 1.46. The summed E-state index contributed by atoms with van der Waals surface area (Å²) in [5.74, 6) is 0.232. The lowest BCUT2D eigenvalue weighted by molar-refractivity contribution is 0.0987. The second-order valence-corrected chi connectivity index (χ2v) is 8.78. The van der Waals surface area contributed by atoms with Gasteiger partial charge in [-0.05, 0) is 59.3 Å². The molecule has 0 saturated carbocycles. The molecule has 1 aliphatic rings. The van der Waals surface area contributed by atoms with Gasteiger partial charge in [0.05, 0.1) is 4.58 Å². The van der Waals surface area contributed by atoms with Crippen molar-refractivity contribution >= 4 is 51.9 Å². The van der Waals surface area contributed by atoms with Crippen molar-refractivity contribution in [3.63, 3.8) is 0 Å². The number of carbonyl (C=O) groups is 1. The molecule has 0 saturated heterocycles. The molecule has 0 N–H and O–H groups in total. The highest BCUT2D eigenvalue weighted by Gasteiger charge is 2.25. The van der Waals surface area contributed by atoms with Gasteiger partial charge in [0.2, 0.25) is 0 Å². The van der Waals surface area contributed by atoms with Gasteiger partial charge in [0.15, 0.2) is 5.78 Å². The summed E-state index contributed by atoms with van der Waals surface area (Å²) in [5.41, 5.74) is 2.10. The Hall–Kier alpha value is -0.460. The van der Waals surface area contributed by atoms with E-state index < -0.39 is 0 Å². The number of halogens is 1. The number of ketones is 1. The molecule has 4 heteroatoms. The Morgan fingerprint density at radius 3 is 2.55 bits per heavy atom. The van der Waals surface area contributed by atoms with Crippen LogP contribution in [0.1, 0.15) is 22.3 Å². The minimum absolute atomic E-state index is 0.232. The van der Waals surface area contributed by atoms with Crippen molar-refractivity contribution < 1.29 is 4.79 Å². The largest absolute Gasteiger partial charge is 0.294 e. The van der Waals surface area contributed by atoms with Crippen LogP contribution in [0.4, 0.5) is 0 Å². The fraction of sp³-hybridized carbons (Fsp3) is 0.188. The summed E-state index contributed by atoms with van der Waals surface area (Å²) in [6.07, 6.45) is 0.587. The van der Waals surface area contributed by atoms with Crippen molar-refractivity contribution in [2.75, 3.05) is 0 Å². The van der Waals surface area contributed by atoms with Crippen LogP contribution in [0, 0.1) is 10.5 Å². The third-order valence-corrected chi connectivity index (χ3v) is 6.62. The van der Waals surface area contributed by atoms with Crippen molar-refractivity contribution in [3.8, 4) is 0 Å². The smallest absolute Gasteiger partial charge is 0.164 e. The minimum atomic E-state index is 0.232. The maximum absolute atomic E-state index is 12.3. The molecule has 0 aliphatic carbocycles. The summed E-state index contributed by atoms with van der Waals surface area (Å²) in [5, 5.41) is 0. The fourth-order valence-electron chi connectivity index (χ4n) is 2.10. The Balaban J connectivity index is 1.68. The Morgan fingerprint density at radius 2 is 1.80 bits per heavy atom. The lowest BCUT2D eigenvalue weighted by Gasteiger charge is -2.06. The molecular weight excluding hydrogens is 399 g/mol. The van der Waals surface area contributed by atoms with Gasteiger partial charge in [-0.25, -0.2) is 0 Å². The van der Waals surface area contributed by atoms with Gasteiger partial charge in [-0.15, -0.1) is 23.5 Å². The standard InChI is InChI=1S/C16H13IOS2/c1-10-2-7-14-15(8-10)20-16(19-14)9-13(18)11-3-5-12(17)6-4-11/h2-8,16H,9H2,1H3/t16-/m1/s1. The third-order valence-electron chi connectivity index (χ3n) is 3.13. The number of Topliss-reactive ketones (excluding diaryl/α,β-unsaturated/α-hetero) is 1. The zero-order chi connectivity index (χ0) is 14.1. The molecule has 20 heavy (non-hydrogen) atoms. The minimum Gasteiger partial charge on any atom is -0.294 e. The molecule has 2 aromatic rings. The molecule has 0 spiro atoms. The fourth-order valence-corrected chi connectivity index (χ4v) is 5.36. The molecule has 1 heterocycles. The van der Waals surface area contributed by atoms with Crippen LogP contribution in [-0.4, -0.2) is 10.4 Å². The van der Waals surface area contributed by atoms with Gasteiger partial charge in [0.1, 0.15) is 0 Å². The summed E-state index contributed by atoms with van der Waals surface area (Å²) in [6.45, 7) is 2.11. The Morgan fingerprint density at radius 1 is 1.10 bits per heavy atom. The van der Waals surface area contributed by atoms with Gasteiger partial charge in [0.25, 0.3) is 0 Å². The number of aryl methyl sites for hydroxylation is 1. The molecule has 3 rings (SSSR count). The van der Waals surface area contributed by atoms with E-state index in [4.69, 9.17) is 0 Å². The van der Waals surface area contributed by atoms with E-state index in [2.05, 4.69) is 47.7 Å². The second-order valence-electron chi connectivity index (χ2n) is 4.75. The summed E-state index contributed by atoms with van der Waals surface area (Å²) in [6, 6.07) is 14.3. The van der Waals surface area contributed by atoms with Crippen molar-refractivity contribution in [2.24, 2.45) is 0 Å². The van der Waals surface area contributed by atoms with E-state index in [1.54, 1.807) is 0 Å². The molecule has 0 unspecified atom stereocenters. The van der Waals surface area contributed by atoms with Crippen LogP contribution < -0.4 is 0 Å². The van der Waals surface area contributed by atoms with Crippen LogP contribution in [0.5, 0.6) is 0 Å². The highest BCUT2D eigenvalue weighted by molar-refractivity contribution is 14.1. The quantitative estimate of drug-likeness (QED) is 0.497. The van der Waals surface area contributed by atoms with Crippen molar-refractivity contribution in [1.82, 2.24) is 0 Å². The zero-order valence-electron chi connectivity index (χ0n) is 10.9. The Labute approximate surface area is 141 Å². The number of fused-ring (bicyclic) bond motifs is 1. The molecule has 102 valence electrons. The van der Waals surface area contributed by atoms with E-state index in [0.29, 0.717) is 11.0 Å². The van der Waals surface area contributed by atoms with Crippen LogP contribution in [0.25, 0.3) is 0 Å². The number of hydrogen-bond donors (Lipinski definition) is 0. The predicted molar refractivity (Wildman–Crippen MR) is 94.8 cm³/mol. The van der Waals surface area contributed by atoms with Crippen molar-refractivity contribution in [2.45, 2.75) is 27.7 Å². The summed E-state index contributed by atoms with van der Waals surface area (Å²) in [4.78, 5) is 14.9. The SMILES string of the molecule is Cc1ccc2c(c1)S[C@H](CC(=O)c1ccc(I)cc1)S2. The normalized spacial score (nSPS) is 17.0. The predicted octanol–water partition coefficient (Wildman–Crippen LogP) is 5.40. The van der Waals surface area contributed by atoms with E-state index in [0.717, 1.165) is 9.13 Å². The van der Waals surface area contributed by atoms with Gasteiger partial charge < -0.3 is 0 Å². The number of carbonyl (C=O) groups excluding carboxylic acids is 1. The first-order chi connectivity index (χ1) is 9.61. The first-order valence-electron chi connectivity index (χ1n) is 6.34. The Bertz CT molecular complexity index is 652. The third kappa shape index (κ3) is 3.23. The van der Waals surface area contributed by atoms with Crippen LogP contribution in [0.2, 0.25) is 0 Å². The molecular formula is C16H13IOS2. The van der Waals surface area contributed by atoms with E-state index >= 15 is 0 Å². The zero-order valence-corrected chi connectivity index (χ0v) is 14.7. The van der Waals surface area contributed by atoms with E-state index in [-0.39, 0.29) is 5.78 Å². The molecule has 0 aromatic heterocycles. The average Bonchev–Trinajstić information content (AvgIpc) is 2.80. The summed E-state index contributed by atoms with van der Waals surface area (Å²) >= 11 is 5.88. The lowest BCUT2D eigenvalue weighted by atomic mass is 10.1. The Kier molecular flexibility index (Phi) is 4.43. The van der Waals surface area contributed by atoms with E-state index in [1.807, 2.05) is 47.8 Å². The van der Waals surface area contributed by atoms with Crippen LogP contribution in [0.3, 0.4) is 0 Å². The summed E-state index contributed by atoms with van der Waals surface area (Å²) in [7, 11) is 0.